The molecule has 0 aliphatic heterocycles. The number of hydrogen-bond donors (Lipinski definition) is 0. The molecular weight excluding hydrogens is 348 g/mol. The highest BCUT2D eigenvalue weighted by molar-refractivity contribution is 6.69. The molecule has 0 aromatic heterocycles. The van der Waals surface area contributed by atoms with Gasteiger partial charge in [-0.25, -0.2) is 9.59 Å². The van der Waals surface area contributed by atoms with Gasteiger partial charge in [0.2, 0.25) is 0 Å². The van der Waals surface area contributed by atoms with Gasteiger partial charge in [0.25, 0.3) is 0 Å². The van der Waals surface area contributed by atoms with Gasteiger partial charge in [-0.1, -0.05) is 25.5 Å². The fourth-order valence-corrected chi connectivity index (χ4v) is 4.08. The first-order chi connectivity index (χ1) is 12.2. The molecule has 146 valence electrons. The fraction of sp³-hybridized carbons (Fsp3) is 0.600. The lowest BCUT2D eigenvalue weighted by molar-refractivity contribution is 0.0409. The van der Waals surface area contributed by atoms with Crippen LogP contribution in [-0.4, -0.2) is 40.1 Å². The van der Waals surface area contributed by atoms with Crippen molar-refractivity contribution in [2.24, 2.45) is 5.92 Å². The number of esters is 2. The normalized spacial score (nSPS) is 13.8. The topological polar surface area (TPSA) is 61.8 Å². The molecule has 2 atom stereocenters. The number of methoxy groups -OCH3 is 1. The van der Waals surface area contributed by atoms with Crippen LogP contribution in [0.25, 0.3) is 0 Å². The Morgan fingerprint density at radius 1 is 1.04 bits per heavy atom. The summed E-state index contributed by atoms with van der Waals surface area (Å²) in [5.41, 5.74) is 0.467. The van der Waals surface area contributed by atoms with Gasteiger partial charge >= 0.3 is 11.9 Å². The Hall–Kier alpha value is -1.66. The highest BCUT2D eigenvalue weighted by atomic mass is 28.4. The molecule has 0 radical (unpaired) electrons. The molecule has 0 aliphatic carbocycles. The zero-order valence-electron chi connectivity index (χ0n) is 16.8. The first kappa shape index (κ1) is 22.4. The van der Waals surface area contributed by atoms with Crippen molar-refractivity contribution in [3.8, 4) is 0 Å². The summed E-state index contributed by atoms with van der Waals surface area (Å²) in [6, 6.07) is 6.54. The molecule has 2 unspecified atom stereocenters. The molecule has 1 aromatic carbocycles. The van der Waals surface area contributed by atoms with E-state index in [2.05, 4.69) is 33.5 Å². The molecule has 6 heteroatoms. The SMILES string of the molecule is CCC(CCC(C)O[Si](C)(C)C)COC(=O)c1ccccc1C(=O)OC. The molecule has 0 heterocycles. The average Bonchev–Trinajstić information content (AvgIpc) is 2.59. The van der Waals surface area contributed by atoms with Crippen molar-refractivity contribution in [1.82, 2.24) is 0 Å². The number of carbonyl (C=O) groups is 2. The molecule has 0 saturated heterocycles. The summed E-state index contributed by atoms with van der Waals surface area (Å²) in [6.45, 7) is 11.1. The largest absolute Gasteiger partial charge is 0.465 e. The van der Waals surface area contributed by atoms with Crippen LogP contribution in [0, 0.1) is 5.92 Å². The van der Waals surface area contributed by atoms with E-state index in [1.165, 1.54) is 7.11 Å². The standard InChI is InChI=1S/C20H32O5Si/c1-7-16(13-12-15(2)25-26(4,5)6)14-24-20(22)18-11-9-8-10-17(18)19(21)23-3/h8-11,15-16H,7,12-14H2,1-6H3. The first-order valence-corrected chi connectivity index (χ1v) is 12.6. The Balaban J connectivity index is 2.58. The Kier molecular flexibility index (Phi) is 9.02. The van der Waals surface area contributed by atoms with Crippen molar-refractivity contribution in [2.45, 2.75) is 58.9 Å². The minimum absolute atomic E-state index is 0.214. The van der Waals surface area contributed by atoms with Crippen molar-refractivity contribution < 1.29 is 23.5 Å². The summed E-state index contributed by atoms with van der Waals surface area (Å²) >= 11 is 0. The van der Waals surface area contributed by atoms with Crippen LogP contribution in [0.5, 0.6) is 0 Å². The number of ether oxygens (including phenoxy) is 2. The average molecular weight is 381 g/mol. The van der Waals surface area contributed by atoms with Gasteiger partial charge in [-0.2, -0.15) is 0 Å². The van der Waals surface area contributed by atoms with E-state index in [9.17, 15) is 9.59 Å². The van der Waals surface area contributed by atoms with Gasteiger partial charge in [-0.3, -0.25) is 0 Å². The van der Waals surface area contributed by atoms with E-state index in [1.807, 2.05) is 0 Å². The van der Waals surface area contributed by atoms with Gasteiger partial charge in [-0.05, 0) is 57.5 Å². The van der Waals surface area contributed by atoms with Crippen molar-refractivity contribution in [3.63, 3.8) is 0 Å². The van der Waals surface area contributed by atoms with Gasteiger partial charge in [0.15, 0.2) is 8.32 Å². The number of rotatable bonds is 10. The predicted molar refractivity (Wildman–Crippen MR) is 105 cm³/mol. The Bertz CT molecular complexity index is 594. The van der Waals surface area contributed by atoms with E-state index in [4.69, 9.17) is 13.9 Å². The molecule has 5 nitrogen and oxygen atoms in total. The zero-order valence-corrected chi connectivity index (χ0v) is 17.8. The Morgan fingerprint density at radius 3 is 2.12 bits per heavy atom. The van der Waals surface area contributed by atoms with Gasteiger partial charge in [0.05, 0.1) is 24.8 Å². The van der Waals surface area contributed by atoms with E-state index in [-0.39, 0.29) is 23.1 Å². The molecule has 0 saturated carbocycles. The highest BCUT2D eigenvalue weighted by Crippen LogP contribution is 2.19. The molecule has 0 fully saturated rings. The van der Waals surface area contributed by atoms with Gasteiger partial charge in [0, 0.05) is 6.10 Å². The second-order valence-electron chi connectivity index (χ2n) is 7.53. The van der Waals surface area contributed by atoms with Crippen LogP contribution in [0.4, 0.5) is 0 Å². The van der Waals surface area contributed by atoms with Crippen LogP contribution >= 0.6 is 0 Å². The van der Waals surface area contributed by atoms with Crippen molar-refractivity contribution in [3.05, 3.63) is 35.4 Å². The number of carbonyl (C=O) groups excluding carboxylic acids is 2. The molecule has 26 heavy (non-hydrogen) atoms. The van der Waals surface area contributed by atoms with Crippen LogP contribution < -0.4 is 0 Å². The van der Waals surface area contributed by atoms with E-state index < -0.39 is 20.3 Å². The molecule has 0 N–H and O–H groups in total. The summed E-state index contributed by atoms with van der Waals surface area (Å²) in [7, 11) is -0.240. The van der Waals surface area contributed by atoms with E-state index in [0.717, 1.165) is 19.3 Å². The Morgan fingerprint density at radius 2 is 1.62 bits per heavy atom. The third-order valence-electron chi connectivity index (χ3n) is 4.12. The van der Waals surface area contributed by atoms with Crippen molar-refractivity contribution >= 4 is 20.3 Å². The van der Waals surface area contributed by atoms with Gasteiger partial charge in [-0.15, -0.1) is 0 Å². The fourth-order valence-electron chi connectivity index (χ4n) is 2.76. The summed E-state index contributed by atoms with van der Waals surface area (Å²) in [6.07, 6.45) is 3.02. The monoisotopic (exact) mass is 380 g/mol. The third-order valence-corrected chi connectivity index (χ3v) is 5.23. The van der Waals surface area contributed by atoms with Crippen LogP contribution in [0.3, 0.4) is 0 Å². The van der Waals surface area contributed by atoms with Crippen molar-refractivity contribution in [1.29, 1.82) is 0 Å². The second-order valence-corrected chi connectivity index (χ2v) is 12.0. The third kappa shape index (κ3) is 7.70. The number of benzene rings is 1. The predicted octanol–water partition coefficient (Wildman–Crippen LogP) is 4.68. The van der Waals surface area contributed by atoms with Crippen molar-refractivity contribution in [2.75, 3.05) is 13.7 Å². The summed E-state index contributed by atoms with van der Waals surface area (Å²) in [5.74, 6) is -0.755. The summed E-state index contributed by atoms with van der Waals surface area (Å²) < 4.78 is 16.3. The first-order valence-electron chi connectivity index (χ1n) is 9.20. The van der Waals surface area contributed by atoms with Crippen LogP contribution in [0.1, 0.15) is 53.8 Å². The zero-order chi connectivity index (χ0) is 19.7. The molecule has 1 aromatic rings. The maximum absolute atomic E-state index is 12.4. The van der Waals surface area contributed by atoms with Crippen LogP contribution in [0.15, 0.2) is 24.3 Å². The smallest absolute Gasteiger partial charge is 0.339 e. The molecule has 0 bridgehead atoms. The molecule has 0 spiro atoms. The quantitative estimate of drug-likeness (QED) is 0.436. The lowest BCUT2D eigenvalue weighted by Gasteiger charge is -2.25. The molecule has 0 amide bonds. The minimum atomic E-state index is -1.53. The van der Waals surface area contributed by atoms with Crippen LogP contribution in [-0.2, 0) is 13.9 Å². The lowest BCUT2D eigenvalue weighted by Crippen LogP contribution is -2.31. The van der Waals surface area contributed by atoms with E-state index >= 15 is 0 Å². The number of hydrogen-bond acceptors (Lipinski definition) is 5. The van der Waals surface area contributed by atoms with E-state index in [0.29, 0.717) is 6.61 Å². The highest BCUT2D eigenvalue weighted by Gasteiger charge is 2.21. The maximum atomic E-state index is 12.4. The van der Waals surface area contributed by atoms with Gasteiger partial charge in [0.1, 0.15) is 0 Å². The maximum Gasteiger partial charge on any atom is 0.339 e. The van der Waals surface area contributed by atoms with Gasteiger partial charge < -0.3 is 13.9 Å². The van der Waals surface area contributed by atoms with E-state index in [1.54, 1.807) is 24.3 Å². The summed E-state index contributed by atoms with van der Waals surface area (Å²) in [4.78, 5) is 24.2. The van der Waals surface area contributed by atoms with Crippen LogP contribution in [0.2, 0.25) is 19.6 Å². The Labute approximate surface area is 158 Å². The lowest BCUT2D eigenvalue weighted by atomic mass is 9.99. The minimum Gasteiger partial charge on any atom is -0.465 e. The molecule has 0 aliphatic rings. The summed E-state index contributed by atoms with van der Waals surface area (Å²) in [5, 5.41) is 0. The molecular formula is C20H32O5Si. The second kappa shape index (κ2) is 10.5. The molecule has 1 rings (SSSR count).